The first kappa shape index (κ1) is 12.9. The maximum atomic E-state index is 11.8. The van der Waals surface area contributed by atoms with Gasteiger partial charge in [0.1, 0.15) is 0 Å². The standard InChI is InChI=1S/C12H15NO4S/c1-8-3-6-11(10(7-8)12(14)17-2)13-18(15,16)9-4-5-9/h3,6-7,9,13H,4-5H2,1-2H3. The van der Waals surface area contributed by atoms with Crippen LogP contribution in [-0.4, -0.2) is 26.7 Å². The summed E-state index contributed by atoms with van der Waals surface area (Å²) in [5.74, 6) is -0.549. The monoisotopic (exact) mass is 269 g/mol. The third-order valence-electron chi connectivity index (χ3n) is 2.80. The molecule has 1 aromatic rings. The number of hydrogen-bond acceptors (Lipinski definition) is 4. The summed E-state index contributed by atoms with van der Waals surface area (Å²) in [6, 6.07) is 4.94. The summed E-state index contributed by atoms with van der Waals surface area (Å²) in [5.41, 5.74) is 1.38. The predicted octanol–water partition coefficient (Wildman–Crippen LogP) is 1.69. The molecule has 18 heavy (non-hydrogen) atoms. The van der Waals surface area contributed by atoms with Gasteiger partial charge in [0.2, 0.25) is 10.0 Å². The summed E-state index contributed by atoms with van der Waals surface area (Å²) in [4.78, 5) is 11.6. The van der Waals surface area contributed by atoms with Crippen LogP contribution in [0.1, 0.15) is 28.8 Å². The molecular formula is C12H15NO4S. The van der Waals surface area contributed by atoms with Crippen molar-refractivity contribution >= 4 is 21.7 Å². The molecule has 1 fully saturated rings. The highest BCUT2D eigenvalue weighted by molar-refractivity contribution is 7.93. The molecule has 0 spiro atoms. The first-order chi connectivity index (χ1) is 8.44. The molecule has 0 atom stereocenters. The molecule has 0 heterocycles. The van der Waals surface area contributed by atoms with Crippen LogP contribution in [0.25, 0.3) is 0 Å². The molecule has 0 bridgehead atoms. The number of aryl methyl sites for hydroxylation is 1. The van der Waals surface area contributed by atoms with Crippen LogP contribution < -0.4 is 4.72 Å². The van der Waals surface area contributed by atoms with Gasteiger partial charge in [0.05, 0.1) is 23.6 Å². The van der Waals surface area contributed by atoms with Crippen LogP contribution in [0.5, 0.6) is 0 Å². The van der Waals surface area contributed by atoms with Crippen molar-refractivity contribution in [2.45, 2.75) is 25.0 Å². The summed E-state index contributed by atoms with van der Waals surface area (Å²) in [5, 5.41) is -0.329. The summed E-state index contributed by atoms with van der Waals surface area (Å²) < 4.78 is 30.8. The molecule has 98 valence electrons. The molecule has 6 heteroatoms. The maximum Gasteiger partial charge on any atom is 0.340 e. The Hall–Kier alpha value is -1.56. The molecular weight excluding hydrogens is 254 g/mol. The number of anilines is 1. The first-order valence-electron chi connectivity index (χ1n) is 5.64. The van der Waals surface area contributed by atoms with Crippen molar-refractivity contribution in [1.82, 2.24) is 0 Å². The predicted molar refractivity (Wildman–Crippen MR) is 68.1 cm³/mol. The van der Waals surface area contributed by atoms with Gasteiger partial charge in [-0.15, -0.1) is 0 Å². The van der Waals surface area contributed by atoms with Crippen LogP contribution in [0.4, 0.5) is 5.69 Å². The van der Waals surface area contributed by atoms with Crippen molar-refractivity contribution in [3.63, 3.8) is 0 Å². The summed E-state index contributed by atoms with van der Waals surface area (Å²) in [6.45, 7) is 1.83. The van der Waals surface area contributed by atoms with Crippen molar-refractivity contribution in [2.75, 3.05) is 11.8 Å². The molecule has 1 N–H and O–H groups in total. The van der Waals surface area contributed by atoms with Crippen LogP contribution in [0, 0.1) is 6.92 Å². The Bertz CT molecular complexity index is 576. The Morgan fingerprint density at radius 2 is 2.06 bits per heavy atom. The number of sulfonamides is 1. The van der Waals surface area contributed by atoms with E-state index in [0.29, 0.717) is 12.8 Å². The smallest absolute Gasteiger partial charge is 0.340 e. The van der Waals surface area contributed by atoms with E-state index >= 15 is 0 Å². The molecule has 1 aliphatic rings. The number of ether oxygens (including phenoxy) is 1. The van der Waals surface area contributed by atoms with Gasteiger partial charge < -0.3 is 4.74 Å². The molecule has 0 saturated heterocycles. The number of carbonyl (C=O) groups is 1. The van der Waals surface area contributed by atoms with E-state index < -0.39 is 16.0 Å². The highest BCUT2D eigenvalue weighted by Crippen LogP contribution is 2.30. The second-order valence-corrected chi connectivity index (χ2v) is 6.35. The Labute approximate surface area is 106 Å². The lowest BCUT2D eigenvalue weighted by Crippen LogP contribution is -2.19. The minimum Gasteiger partial charge on any atom is -0.465 e. The molecule has 0 unspecified atom stereocenters. The van der Waals surface area contributed by atoms with Crippen LogP contribution in [-0.2, 0) is 14.8 Å². The number of hydrogen-bond donors (Lipinski definition) is 1. The maximum absolute atomic E-state index is 11.8. The van der Waals surface area contributed by atoms with Crippen molar-refractivity contribution < 1.29 is 17.9 Å². The fraction of sp³-hybridized carbons (Fsp3) is 0.417. The van der Waals surface area contributed by atoms with E-state index in [2.05, 4.69) is 9.46 Å². The van der Waals surface area contributed by atoms with Crippen LogP contribution in [0.15, 0.2) is 18.2 Å². The van der Waals surface area contributed by atoms with E-state index in [-0.39, 0.29) is 16.5 Å². The second kappa shape index (κ2) is 4.61. The fourth-order valence-electron chi connectivity index (χ4n) is 1.64. The zero-order chi connectivity index (χ0) is 13.3. The zero-order valence-corrected chi connectivity index (χ0v) is 11.1. The van der Waals surface area contributed by atoms with Gasteiger partial charge in [0, 0.05) is 0 Å². The van der Waals surface area contributed by atoms with Crippen molar-refractivity contribution in [3.05, 3.63) is 29.3 Å². The fourth-order valence-corrected chi connectivity index (χ4v) is 3.05. The van der Waals surface area contributed by atoms with Crippen molar-refractivity contribution in [1.29, 1.82) is 0 Å². The van der Waals surface area contributed by atoms with Gasteiger partial charge in [-0.05, 0) is 31.9 Å². The number of methoxy groups -OCH3 is 1. The van der Waals surface area contributed by atoms with E-state index in [1.807, 2.05) is 6.92 Å². The molecule has 0 amide bonds. The molecule has 0 aliphatic heterocycles. The molecule has 1 saturated carbocycles. The molecule has 1 aliphatic carbocycles. The number of esters is 1. The number of rotatable bonds is 4. The highest BCUT2D eigenvalue weighted by Gasteiger charge is 2.36. The minimum absolute atomic E-state index is 0.238. The van der Waals surface area contributed by atoms with Crippen LogP contribution in [0.2, 0.25) is 0 Å². The molecule has 1 aromatic carbocycles. The first-order valence-corrected chi connectivity index (χ1v) is 7.19. The van der Waals surface area contributed by atoms with Crippen LogP contribution >= 0.6 is 0 Å². The van der Waals surface area contributed by atoms with Gasteiger partial charge in [-0.25, -0.2) is 13.2 Å². The zero-order valence-electron chi connectivity index (χ0n) is 10.3. The van der Waals surface area contributed by atoms with Crippen molar-refractivity contribution in [2.24, 2.45) is 0 Å². The van der Waals surface area contributed by atoms with Gasteiger partial charge >= 0.3 is 5.97 Å². The summed E-state index contributed by atoms with van der Waals surface area (Å²) >= 11 is 0. The number of benzene rings is 1. The molecule has 2 rings (SSSR count). The topological polar surface area (TPSA) is 72.5 Å². The van der Waals surface area contributed by atoms with E-state index in [1.165, 1.54) is 7.11 Å². The van der Waals surface area contributed by atoms with E-state index in [4.69, 9.17) is 0 Å². The average Bonchev–Trinajstić information content (AvgIpc) is 3.14. The summed E-state index contributed by atoms with van der Waals surface area (Å²) in [6.07, 6.45) is 1.35. The Balaban J connectivity index is 2.35. The van der Waals surface area contributed by atoms with Gasteiger partial charge in [0.25, 0.3) is 0 Å². The Kier molecular flexibility index (Phi) is 3.30. The van der Waals surface area contributed by atoms with Crippen LogP contribution in [0.3, 0.4) is 0 Å². The number of nitrogens with one attached hydrogen (secondary N) is 1. The Morgan fingerprint density at radius 1 is 1.39 bits per heavy atom. The average molecular weight is 269 g/mol. The number of carbonyl (C=O) groups excluding carboxylic acids is 1. The lowest BCUT2D eigenvalue weighted by molar-refractivity contribution is 0.0602. The van der Waals surface area contributed by atoms with E-state index in [9.17, 15) is 13.2 Å². The summed E-state index contributed by atoms with van der Waals surface area (Å²) in [7, 11) is -2.11. The molecule has 5 nitrogen and oxygen atoms in total. The lowest BCUT2D eigenvalue weighted by Gasteiger charge is -2.11. The quantitative estimate of drug-likeness (QED) is 0.844. The lowest BCUT2D eigenvalue weighted by atomic mass is 10.1. The minimum atomic E-state index is -3.38. The van der Waals surface area contributed by atoms with Gasteiger partial charge in [-0.3, -0.25) is 4.72 Å². The molecule has 0 aromatic heterocycles. The second-order valence-electron chi connectivity index (χ2n) is 4.39. The van der Waals surface area contributed by atoms with Gasteiger partial charge in [0.15, 0.2) is 0 Å². The highest BCUT2D eigenvalue weighted by atomic mass is 32.2. The van der Waals surface area contributed by atoms with E-state index in [1.54, 1.807) is 18.2 Å². The van der Waals surface area contributed by atoms with Gasteiger partial charge in [-0.1, -0.05) is 11.6 Å². The third kappa shape index (κ3) is 2.64. The third-order valence-corrected chi connectivity index (χ3v) is 4.65. The largest absolute Gasteiger partial charge is 0.465 e. The molecule has 0 radical (unpaired) electrons. The van der Waals surface area contributed by atoms with Crippen molar-refractivity contribution in [3.8, 4) is 0 Å². The Morgan fingerprint density at radius 3 is 2.61 bits per heavy atom. The normalized spacial score (nSPS) is 15.2. The van der Waals surface area contributed by atoms with E-state index in [0.717, 1.165) is 5.56 Å². The SMILES string of the molecule is COC(=O)c1cc(C)ccc1NS(=O)(=O)C1CC1. The van der Waals surface area contributed by atoms with Gasteiger partial charge in [-0.2, -0.15) is 0 Å².